The van der Waals surface area contributed by atoms with E-state index >= 15 is 0 Å². The van der Waals surface area contributed by atoms with Crippen LogP contribution in [0.15, 0.2) is 0 Å². The van der Waals surface area contributed by atoms with E-state index in [-0.39, 0.29) is 6.61 Å². The van der Waals surface area contributed by atoms with Crippen molar-refractivity contribution in [3.05, 3.63) is 0 Å². The van der Waals surface area contributed by atoms with Crippen molar-refractivity contribution < 1.29 is 5.11 Å². The van der Waals surface area contributed by atoms with Crippen LogP contribution in [0.2, 0.25) is 0 Å². The summed E-state index contributed by atoms with van der Waals surface area (Å²) >= 11 is 1.73. The summed E-state index contributed by atoms with van der Waals surface area (Å²) in [6.07, 6.45) is 7.25. The smallest absolute Gasteiger partial charge is 0.0564 e. The van der Waals surface area contributed by atoms with Gasteiger partial charge >= 0.3 is 0 Å². The summed E-state index contributed by atoms with van der Waals surface area (Å²) in [5.74, 6) is 0. The number of hydrogen-bond acceptors (Lipinski definition) is 3. The Labute approximate surface area is 92.9 Å². The lowest BCUT2D eigenvalue weighted by atomic mass is 10.2. The largest absolute Gasteiger partial charge is 0.395 e. The molecule has 0 fully saturated rings. The Morgan fingerprint density at radius 2 is 2.00 bits per heavy atom. The maximum absolute atomic E-state index is 9.08. The molecule has 0 aliphatic heterocycles. The van der Waals surface area contributed by atoms with Gasteiger partial charge < -0.3 is 10.4 Å². The third-order valence-electron chi connectivity index (χ3n) is 2.54. The molecule has 0 aromatic rings. The van der Waals surface area contributed by atoms with Gasteiger partial charge in [0, 0.05) is 11.3 Å². The number of hydrogen-bond donors (Lipinski definition) is 2. The van der Waals surface area contributed by atoms with E-state index < -0.39 is 0 Å². The number of rotatable bonds is 9. The van der Waals surface area contributed by atoms with Crippen molar-refractivity contribution in [2.75, 3.05) is 19.4 Å². The van der Waals surface area contributed by atoms with Gasteiger partial charge in [0.15, 0.2) is 0 Å². The number of thioether (sulfide) groups is 1. The number of unbranched alkanes of at least 4 members (excludes halogenated alkanes) is 3. The predicted octanol–water partition coefficient (Wildman–Crippen LogP) is 2.27. The van der Waals surface area contributed by atoms with Crippen molar-refractivity contribution in [1.29, 1.82) is 0 Å². The molecule has 0 amide bonds. The fourth-order valence-electron chi connectivity index (χ4n) is 1.45. The highest BCUT2D eigenvalue weighted by Crippen LogP contribution is 2.10. The number of aliphatic hydroxyl groups excluding tert-OH is 1. The molecule has 0 saturated carbocycles. The van der Waals surface area contributed by atoms with E-state index in [0.29, 0.717) is 11.3 Å². The molecule has 0 aliphatic rings. The van der Waals surface area contributed by atoms with E-state index in [9.17, 15) is 0 Å². The minimum atomic E-state index is 0.268. The van der Waals surface area contributed by atoms with Crippen molar-refractivity contribution in [3.8, 4) is 0 Å². The van der Waals surface area contributed by atoms with E-state index in [0.717, 1.165) is 6.54 Å². The third kappa shape index (κ3) is 6.68. The molecule has 0 rings (SSSR count). The molecule has 0 heterocycles. The van der Waals surface area contributed by atoms with Crippen LogP contribution in [0.4, 0.5) is 0 Å². The predicted molar refractivity (Wildman–Crippen MR) is 66.0 cm³/mol. The molecule has 0 aliphatic carbocycles. The molecule has 0 aromatic carbocycles. The van der Waals surface area contributed by atoms with Gasteiger partial charge in [-0.05, 0) is 26.1 Å². The molecule has 0 saturated heterocycles. The van der Waals surface area contributed by atoms with Crippen molar-refractivity contribution >= 4 is 11.8 Å². The standard InChI is InChI=1S/C11H25NOS/c1-4-5-6-7-8-12-10(2)11(9-13)14-3/h10-13H,4-9H2,1-3H3. The van der Waals surface area contributed by atoms with Crippen LogP contribution in [0.25, 0.3) is 0 Å². The summed E-state index contributed by atoms with van der Waals surface area (Å²) in [6, 6.07) is 0.414. The summed E-state index contributed by atoms with van der Waals surface area (Å²) < 4.78 is 0. The summed E-state index contributed by atoms with van der Waals surface area (Å²) in [5, 5.41) is 12.9. The first-order chi connectivity index (χ1) is 6.76. The Hall–Kier alpha value is 0.270. The van der Waals surface area contributed by atoms with E-state index in [1.807, 2.05) is 0 Å². The molecule has 0 spiro atoms. The lowest BCUT2D eigenvalue weighted by Crippen LogP contribution is -2.37. The van der Waals surface area contributed by atoms with Crippen molar-refractivity contribution in [2.45, 2.75) is 50.8 Å². The normalized spacial score (nSPS) is 15.4. The van der Waals surface area contributed by atoms with Gasteiger partial charge in [0.25, 0.3) is 0 Å². The number of nitrogens with one attached hydrogen (secondary N) is 1. The lowest BCUT2D eigenvalue weighted by molar-refractivity contribution is 0.276. The Bertz CT molecular complexity index is 118. The maximum Gasteiger partial charge on any atom is 0.0564 e. The minimum absolute atomic E-state index is 0.268. The maximum atomic E-state index is 9.08. The molecule has 0 aromatic heterocycles. The average Bonchev–Trinajstić information content (AvgIpc) is 2.19. The average molecular weight is 219 g/mol. The van der Waals surface area contributed by atoms with Crippen LogP contribution in [0.5, 0.6) is 0 Å². The van der Waals surface area contributed by atoms with Gasteiger partial charge in [-0.3, -0.25) is 0 Å². The minimum Gasteiger partial charge on any atom is -0.395 e. The van der Waals surface area contributed by atoms with Crippen LogP contribution in [0, 0.1) is 0 Å². The SMILES string of the molecule is CCCCCCNC(C)C(CO)SC. The first-order valence-electron chi connectivity index (χ1n) is 5.63. The second kappa shape index (κ2) is 9.81. The molecule has 3 heteroatoms. The highest BCUT2D eigenvalue weighted by molar-refractivity contribution is 7.99. The van der Waals surface area contributed by atoms with Crippen LogP contribution < -0.4 is 5.32 Å². The summed E-state index contributed by atoms with van der Waals surface area (Å²) in [4.78, 5) is 0. The van der Waals surface area contributed by atoms with Crippen LogP contribution >= 0.6 is 11.8 Å². The highest BCUT2D eigenvalue weighted by Gasteiger charge is 2.13. The molecule has 86 valence electrons. The topological polar surface area (TPSA) is 32.3 Å². The third-order valence-corrected chi connectivity index (χ3v) is 3.70. The second-order valence-electron chi connectivity index (χ2n) is 3.76. The number of aliphatic hydroxyl groups is 1. The molecule has 0 radical (unpaired) electrons. The van der Waals surface area contributed by atoms with Crippen LogP contribution in [0.1, 0.15) is 39.5 Å². The quantitative estimate of drug-likeness (QED) is 0.584. The van der Waals surface area contributed by atoms with E-state index in [1.54, 1.807) is 11.8 Å². The van der Waals surface area contributed by atoms with Gasteiger partial charge in [0.1, 0.15) is 0 Å². The van der Waals surface area contributed by atoms with Crippen molar-refractivity contribution in [1.82, 2.24) is 5.32 Å². The summed E-state index contributed by atoms with van der Waals surface area (Å²) in [7, 11) is 0. The Kier molecular flexibility index (Phi) is 10.0. The molecular weight excluding hydrogens is 194 g/mol. The molecule has 0 bridgehead atoms. The van der Waals surface area contributed by atoms with Gasteiger partial charge in [-0.25, -0.2) is 0 Å². The monoisotopic (exact) mass is 219 g/mol. The van der Waals surface area contributed by atoms with Gasteiger partial charge in [-0.1, -0.05) is 26.2 Å². The van der Waals surface area contributed by atoms with Crippen LogP contribution in [-0.2, 0) is 0 Å². The van der Waals surface area contributed by atoms with Crippen LogP contribution in [0.3, 0.4) is 0 Å². The van der Waals surface area contributed by atoms with Crippen molar-refractivity contribution in [2.24, 2.45) is 0 Å². The van der Waals surface area contributed by atoms with Gasteiger partial charge in [0.05, 0.1) is 6.61 Å². The fourth-order valence-corrected chi connectivity index (χ4v) is 2.10. The Balaban J connectivity index is 3.37. The van der Waals surface area contributed by atoms with Gasteiger partial charge in [0.2, 0.25) is 0 Å². The highest BCUT2D eigenvalue weighted by atomic mass is 32.2. The summed E-state index contributed by atoms with van der Waals surface area (Å²) in [5.41, 5.74) is 0. The first kappa shape index (κ1) is 14.3. The van der Waals surface area contributed by atoms with E-state index in [4.69, 9.17) is 5.11 Å². The zero-order chi connectivity index (χ0) is 10.8. The second-order valence-corrected chi connectivity index (χ2v) is 4.84. The molecule has 2 atom stereocenters. The van der Waals surface area contributed by atoms with Crippen LogP contribution in [-0.4, -0.2) is 35.8 Å². The zero-order valence-corrected chi connectivity index (χ0v) is 10.6. The molecule has 2 N–H and O–H groups in total. The Morgan fingerprint density at radius 1 is 1.29 bits per heavy atom. The molecule has 2 unspecified atom stereocenters. The molecule has 14 heavy (non-hydrogen) atoms. The lowest BCUT2D eigenvalue weighted by Gasteiger charge is -2.21. The fraction of sp³-hybridized carbons (Fsp3) is 1.00. The van der Waals surface area contributed by atoms with E-state index in [1.165, 1.54) is 25.7 Å². The zero-order valence-electron chi connectivity index (χ0n) is 9.75. The summed E-state index contributed by atoms with van der Waals surface area (Å²) in [6.45, 7) is 5.73. The van der Waals surface area contributed by atoms with Gasteiger partial charge in [-0.2, -0.15) is 11.8 Å². The van der Waals surface area contributed by atoms with Gasteiger partial charge in [-0.15, -0.1) is 0 Å². The molecular formula is C11H25NOS. The molecule has 2 nitrogen and oxygen atoms in total. The van der Waals surface area contributed by atoms with Crippen molar-refractivity contribution in [3.63, 3.8) is 0 Å². The van der Waals surface area contributed by atoms with E-state index in [2.05, 4.69) is 25.4 Å². The first-order valence-corrected chi connectivity index (χ1v) is 6.92. The Morgan fingerprint density at radius 3 is 2.50 bits per heavy atom.